The zero-order valence-electron chi connectivity index (χ0n) is 11.5. The summed E-state index contributed by atoms with van der Waals surface area (Å²) in [6.45, 7) is 2.41. The van der Waals surface area contributed by atoms with E-state index in [1.807, 2.05) is 0 Å². The van der Waals surface area contributed by atoms with Crippen molar-refractivity contribution in [1.29, 1.82) is 0 Å². The zero-order valence-corrected chi connectivity index (χ0v) is 12.3. The van der Waals surface area contributed by atoms with Gasteiger partial charge in [0.2, 0.25) is 10.0 Å². The normalized spacial score (nSPS) is 18.9. The minimum Gasteiger partial charge on any atom is -0.356 e. The maximum Gasteiger partial charge on any atom is 0.211 e. The van der Waals surface area contributed by atoms with E-state index >= 15 is 0 Å². The van der Waals surface area contributed by atoms with Gasteiger partial charge in [-0.05, 0) is 18.8 Å². The molecule has 0 aliphatic carbocycles. The second kappa shape index (κ2) is 7.36. The molecule has 2 N–H and O–H groups in total. The van der Waals surface area contributed by atoms with Crippen molar-refractivity contribution in [1.82, 2.24) is 14.9 Å². The van der Waals surface area contributed by atoms with Crippen LogP contribution in [0.2, 0.25) is 0 Å². The molecular formula is C12H22N4O2S. The number of hydrogen-bond donors (Lipinski definition) is 2. The van der Waals surface area contributed by atoms with Gasteiger partial charge in [0.05, 0.1) is 12.8 Å². The van der Waals surface area contributed by atoms with E-state index in [1.54, 1.807) is 7.05 Å². The van der Waals surface area contributed by atoms with E-state index in [9.17, 15) is 8.42 Å². The first-order valence-corrected chi connectivity index (χ1v) is 8.15. The Balaban J connectivity index is 2.32. The molecule has 19 heavy (non-hydrogen) atoms. The van der Waals surface area contributed by atoms with Crippen molar-refractivity contribution in [3.8, 4) is 12.3 Å². The fourth-order valence-electron chi connectivity index (χ4n) is 2.04. The SMILES string of the molecule is C#CCNC(=NC)NCC1CCN(S(C)(=O)=O)CC1. The van der Waals surface area contributed by atoms with E-state index in [1.165, 1.54) is 10.6 Å². The van der Waals surface area contributed by atoms with Crippen LogP contribution in [0.5, 0.6) is 0 Å². The van der Waals surface area contributed by atoms with Gasteiger partial charge in [0, 0.05) is 26.7 Å². The van der Waals surface area contributed by atoms with Gasteiger partial charge in [-0.1, -0.05) is 5.92 Å². The molecule has 1 aliphatic heterocycles. The Bertz CT molecular complexity index is 445. The van der Waals surface area contributed by atoms with Crippen LogP contribution in [0.25, 0.3) is 0 Å². The average Bonchev–Trinajstić information content (AvgIpc) is 2.38. The number of nitrogens with one attached hydrogen (secondary N) is 2. The monoisotopic (exact) mass is 286 g/mol. The number of guanidine groups is 1. The molecule has 0 bridgehead atoms. The Morgan fingerprint density at radius 3 is 2.53 bits per heavy atom. The molecule has 0 spiro atoms. The van der Waals surface area contributed by atoms with Crippen LogP contribution in [0.3, 0.4) is 0 Å². The first-order chi connectivity index (χ1) is 8.97. The van der Waals surface area contributed by atoms with Gasteiger partial charge < -0.3 is 10.6 Å². The smallest absolute Gasteiger partial charge is 0.211 e. The number of rotatable bonds is 4. The standard InChI is InChI=1S/C12H22N4O2S/c1-4-7-14-12(13-2)15-10-11-5-8-16(9-6-11)19(3,17)18/h1,11H,5-10H2,2-3H3,(H2,13,14,15). The van der Waals surface area contributed by atoms with Crippen molar-refractivity contribution in [2.75, 3.05) is 39.5 Å². The third-order valence-electron chi connectivity index (χ3n) is 3.18. The third-order valence-corrected chi connectivity index (χ3v) is 4.49. The molecule has 1 aliphatic rings. The Kier molecular flexibility index (Phi) is 6.12. The number of aliphatic imine (C=N–C) groups is 1. The summed E-state index contributed by atoms with van der Waals surface area (Å²) in [6, 6.07) is 0. The van der Waals surface area contributed by atoms with E-state index in [0.717, 1.165) is 19.4 Å². The molecule has 108 valence electrons. The molecule has 0 saturated carbocycles. The molecule has 0 unspecified atom stereocenters. The largest absolute Gasteiger partial charge is 0.356 e. The minimum absolute atomic E-state index is 0.437. The van der Waals surface area contributed by atoms with E-state index in [0.29, 0.717) is 31.5 Å². The van der Waals surface area contributed by atoms with Crippen LogP contribution in [0.15, 0.2) is 4.99 Å². The predicted molar refractivity (Wildman–Crippen MR) is 77.3 cm³/mol. The van der Waals surface area contributed by atoms with Gasteiger partial charge in [-0.25, -0.2) is 12.7 Å². The van der Waals surface area contributed by atoms with Gasteiger partial charge >= 0.3 is 0 Å². The van der Waals surface area contributed by atoms with Crippen LogP contribution in [0.1, 0.15) is 12.8 Å². The van der Waals surface area contributed by atoms with Crippen molar-refractivity contribution in [2.24, 2.45) is 10.9 Å². The highest BCUT2D eigenvalue weighted by Gasteiger charge is 2.24. The second-order valence-electron chi connectivity index (χ2n) is 4.62. The van der Waals surface area contributed by atoms with Gasteiger partial charge in [-0.15, -0.1) is 6.42 Å². The van der Waals surface area contributed by atoms with Crippen LogP contribution < -0.4 is 10.6 Å². The molecule has 6 nitrogen and oxygen atoms in total. The van der Waals surface area contributed by atoms with Crippen LogP contribution in [-0.2, 0) is 10.0 Å². The Hall–Kier alpha value is -1.26. The van der Waals surface area contributed by atoms with Crippen molar-refractivity contribution in [2.45, 2.75) is 12.8 Å². The lowest BCUT2D eigenvalue weighted by atomic mass is 9.98. The fraction of sp³-hybridized carbons (Fsp3) is 0.750. The number of terminal acetylenes is 1. The number of piperidine rings is 1. The van der Waals surface area contributed by atoms with Crippen LogP contribution >= 0.6 is 0 Å². The Morgan fingerprint density at radius 2 is 2.05 bits per heavy atom. The molecule has 1 rings (SSSR count). The molecule has 1 heterocycles. The summed E-state index contributed by atoms with van der Waals surface area (Å²) in [7, 11) is -1.35. The molecular weight excluding hydrogens is 264 g/mol. The van der Waals surface area contributed by atoms with E-state index in [4.69, 9.17) is 6.42 Å². The summed E-state index contributed by atoms with van der Waals surface area (Å²) >= 11 is 0. The highest BCUT2D eigenvalue weighted by Crippen LogP contribution is 2.18. The van der Waals surface area contributed by atoms with Crippen molar-refractivity contribution in [3.05, 3.63) is 0 Å². The first-order valence-electron chi connectivity index (χ1n) is 6.30. The van der Waals surface area contributed by atoms with Crippen molar-refractivity contribution < 1.29 is 8.42 Å². The highest BCUT2D eigenvalue weighted by molar-refractivity contribution is 7.88. The summed E-state index contributed by atoms with van der Waals surface area (Å²) in [4.78, 5) is 4.06. The Morgan fingerprint density at radius 1 is 1.42 bits per heavy atom. The number of sulfonamides is 1. The van der Waals surface area contributed by atoms with Crippen LogP contribution in [0.4, 0.5) is 0 Å². The average molecular weight is 286 g/mol. The molecule has 1 fully saturated rings. The zero-order chi connectivity index (χ0) is 14.3. The summed E-state index contributed by atoms with van der Waals surface area (Å²) in [5.74, 6) is 3.63. The van der Waals surface area contributed by atoms with Crippen molar-refractivity contribution >= 4 is 16.0 Å². The summed E-state index contributed by atoms with van der Waals surface area (Å²) in [6.07, 6.45) is 8.16. The van der Waals surface area contributed by atoms with E-state index < -0.39 is 10.0 Å². The van der Waals surface area contributed by atoms with E-state index in [2.05, 4.69) is 21.5 Å². The molecule has 0 aromatic heterocycles. The molecule has 0 atom stereocenters. The van der Waals surface area contributed by atoms with Crippen LogP contribution in [-0.4, -0.2) is 58.2 Å². The summed E-state index contributed by atoms with van der Waals surface area (Å²) in [5, 5.41) is 6.19. The van der Waals surface area contributed by atoms with E-state index in [-0.39, 0.29) is 0 Å². The molecule has 1 saturated heterocycles. The first kappa shape index (κ1) is 15.8. The lowest BCUT2D eigenvalue weighted by molar-refractivity contribution is 0.275. The van der Waals surface area contributed by atoms with Gasteiger partial charge in [0.15, 0.2) is 5.96 Å². The fourth-order valence-corrected chi connectivity index (χ4v) is 2.92. The molecule has 0 aromatic rings. The van der Waals surface area contributed by atoms with Gasteiger partial charge in [0.1, 0.15) is 0 Å². The summed E-state index contributed by atoms with van der Waals surface area (Å²) < 4.78 is 24.3. The topological polar surface area (TPSA) is 73.8 Å². The van der Waals surface area contributed by atoms with Gasteiger partial charge in [0.25, 0.3) is 0 Å². The molecule has 0 aromatic carbocycles. The van der Waals surface area contributed by atoms with Crippen molar-refractivity contribution in [3.63, 3.8) is 0 Å². The lowest BCUT2D eigenvalue weighted by Crippen LogP contribution is -2.44. The second-order valence-corrected chi connectivity index (χ2v) is 6.60. The van der Waals surface area contributed by atoms with Gasteiger partial charge in [-0.3, -0.25) is 4.99 Å². The quantitative estimate of drug-likeness (QED) is 0.413. The van der Waals surface area contributed by atoms with Crippen LogP contribution in [0, 0.1) is 18.3 Å². The molecule has 0 radical (unpaired) electrons. The number of nitrogens with zero attached hydrogens (tertiary/aromatic N) is 2. The number of hydrogen-bond acceptors (Lipinski definition) is 3. The third kappa shape index (κ3) is 5.49. The van der Waals surface area contributed by atoms with Gasteiger partial charge in [-0.2, -0.15) is 0 Å². The maximum absolute atomic E-state index is 11.4. The molecule has 0 amide bonds. The lowest BCUT2D eigenvalue weighted by Gasteiger charge is -2.30. The maximum atomic E-state index is 11.4. The Labute approximate surface area is 115 Å². The molecule has 7 heteroatoms. The minimum atomic E-state index is -3.04. The highest BCUT2D eigenvalue weighted by atomic mass is 32.2. The summed E-state index contributed by atoms with van der Waals surface area (Å²) in [5.41, 5.74) is 0. The predicted octanol–water partition coefficient (Wildman–Crippen LogP) is -0.544.